The molecule has 1 unspecified atom stereocenters. The summed E-state index contributed by atoms with van der Waals surface area (Å²) in [5.74, 6) is -2.13. The number of rotatable bonds is 2. The van der Waals surface area contributed by atoms with Crippen LogP contribution in [0.3, 0.4) is 0 Å². The zero-order valence-electron chi connectivity index (χ0n) is 14.2. The number of halogens is 2. The third-order valence-electron chi connectivity index (χ3n) is 3.61. The molecule has 1 N–H and O–H groups in total. The van der Waals surface area contributed by atoms with E-state index >= 15 is 0 Å². The molecule has 7 nitrogen and oxygen atoms in total. The van der Waals surface area contributed by atoms with Crippen molar-refractivity contribution in [2.24, 2.45) is 0 Å². The van der Waals surface area contributed by atoms with E-state index in [1.165, 1.54) is 6.07 Å². The van der Waals surface area contributed by atoms with Gasteiger partial charge in [-0.05, 0) is 50.3 Å². The summed E-state index contributed by atoms with van der Waals surface area (Å²) in [4.78, 5) is 12.7. The van der Waals surface area contributed by atoms with Gasteiger partial charge >= 0.3 is 5.97 Å². The minimum Gasteiger partial charge on any atom is -0.456 e. The zero-order chi connectivity index (χ0) is 18.4. The summed E-state index contributed by atoms with van der Waals surface area (Å²) in [6, 6.07) is 2.31. The molecule has 0 amide bonds. The van der Waals surface area contributed by atoms with Crippen molar-refractivity contribution >= 4 is 11.9 Å². The van der Waals surface area contributed by atoms with Gasteiger partial charge in [0.1, 0.15) is 23.3 Å². The highest BCUT2D eigenvalue weighted by molar-refractivity contribution is 5.92. The zero-order valence-corrected chi connectivity index (χ0v) is 14.2. The average molecular weight is 349 g/mol. The van der Waals surface area contributed by atoms with E-state index in [1.54, 1.807) is 27.7 Å². The number of fused-ring (bicyclic) bond motifs is 1. The van der Waals surface area contributed by atoms with E-state index in [9.17, 15) is 13.6 Å². The lowest BCUT2D eigenvalue weighted by Gasteiger charge is -2.30. The van der Waals surface area contributed by atoms with Gasteiger partial charge in [-0.25, -0.2) is 13.6 Å². The maximum absolute atomic E-state index is 14.4. The largest absolute Gasteiger partial charge is 0.456 e. The summed E-state index contributed by atoms with van der Waals surface area (Å²) < 4.78 is 35.4. The number of tetrazole rings is 1. The second-order valence-corrected chi connectivity index (χ2v) is 6.65. The van der Waals surface area contributed by atoms with Crippen LogP contribution in [0.15, 0.2) is 29.5 Å². The van der Waals surface area contributed by atoms with Crippen LogP contribution in [0.25, 0.3) is 0 Å². The molecule has 0 fully saturated rings. The van der Waals surface area contributed by atoms with Crippen LogP contribution >= 0.6 is 0 Å². The van der Waals surface area contributed by atoms with Gasteiger partial charge in [-0.1, -0.05) is 11.2 Å². The molecule has 0 saturated heterocycles. The normalized spacial score (nSPS) is 17.1. The topological polar surface area (TPSA) is 81.9 Å². The van der Waals surface area contributed by atoms with Crippen LogP contribution in [0.5, 0.6) is 0 Å². The number of aromatic nitrogens is 4. The monoisotopic (exact) mass is 349 g/mol. The van der Waals surface area contributed by atoms with Crippen LogP contribution in [0, 0.1) is 11.6 Å². The Morgan fingerprint density at radius 3 is 2.52 bits per heavy atom. The molecule has 0 spiro atoms. The van der Waals surface area contributed by atoms with Gasteiger partial charge in [-0.2, -0.15) is 4.68 Å². The van der Waals surface area contributed by atoms with Crippen molar-refractivity contribution in [2.75, 3.05) is 5.32 Å². The molecule has 0 aliphatic carbocycles. The molecule has 0 radical (unpaired) electrons. The summed E-state index contributed by atoms with van der Waals surface area (Å²) in [5.41, 5.74) is -0.690. The molecule has 1 aromatic heterocycles. The number of nitrogens with one attached hydrogen (secondary N) is 1. The lowest BCUT2D eigenvalue weighted by Crippen LogP contribution is -2.34. The summed E-state index contributed by atoms with van der Waals surface area (Å²) in [5, 5.41) is 13.9. The predicted molar refractivity (Wildman–Crippen MR) is 84.5 cm³/mol. The van der Waals surface area contributed by atoms with Crippen molar-refractivity contribution in [2.45, 2.75) is 39.3 Å². The molecule has 1 atom stereocenters. The Kier molecular flexibility index (Phi) is 4.02. The van der Waals surface area contributed by atoms with E-state index in [0.29, 0.717) is 5.70 Å². The lowest BCUT2D eigenvalue weighted by atomic mass is 9.94. The SMILES string of the molecule is CC1=C(C(=O)OC(C)(C)C)C(c2c(F)cccc2F)n2nnnc2N1. The molecule has 0 bridgehead atoms. The second-order valence-electron chi connectivity index (χ2n) is 6.65. The van der Waals surface area contributed by atoms with Gasteiger partial charge in [-0.15, -0.1) is 0 Å². The van der Waals surface area contributed by atoms with Crippen LogP contribution in [0.4, 0.5) is 14.7 Å². The first-order chi connectivity index (χ1) is 11.7. The van der Waals surface area contributed by atoms with Crippen molar-refractivity contribution < 1.29 is 18.3 Å². The molecular weight excluding hydrogens is 332 g/mol. The van der Waals surface area contributed by atoms with Crippen LogP contribution in [-0.4, -0.2) is 31.8 Å². The molecule has 2 aromatic rings. The molecular formula is C16H17F2N5O2. The highest BCUT2D eigenvalue weighted by atomic mass is 19.1. The Bertz CT molecular complexity index is 849. The summed E-state index contributed by atoms with van der Waals surface area (Å²) >= 11 is 0. The van der Waals surface area contributed by atoms with Crippen LogP contribution in [-0.2, 0) is 9.53 Å². The van der Waals surface area contributed by atoms with E-state index in [-0.39, 0.29) is 17.1 Å². The maximum atomic E-state index is 14.4. The van der Waals surface area contributed by atoms with Crippen LogP contribution in [0.1, 0.15) is 39.3 Å². The molecule has 1 aromatic carbocycles. The number of carbonyl (C=O) groups excluding carboxylic acids is 1. The van der Waals surface area contributed by atoms with Crippen molar-refractivity contribution in [3.63, 3.8) is 0 Å². The van der Waals surface area contributed by atoms with E-state index in [2.05, 4.69) is 20.8 Å². The Morgan fingerprint density at radius 2 is 1.92 bits per heavy atom. The van der Waals surface area contributed by atoms with Gasteiger partial charge in [0.2, 0.25) is 5.95 Å². The van der Waals surface area contributed by atoms with Gasteiger partial charge in [0.25, 0.3) is 0 Å². The number of ether oxygens (including phenoxy) is 1. The van der Waals surface area contributed by atoms with Crippen molar-refractivity contribution in [3.05, 3.63) is 46.7 Å². The second kappa shape index (κ2) is 5.91. The fourth-order valence-corrected chi connectivity index (χ4v) is 2.65. The number of esters is 1. The number of allylic oxidation sites excluding steroid dienone is 1. The predicted octanol–water partition coefficient (Wildman–Crippen LogP) is 2.58. The number of hydrogen-bond donors (Lipinski definition) is 1. The molecule has 0 saturated carbocycles. The average Bonchev–Trinajstić information content (AvgIpc) is 2.92. The Labute approximate surface area is 142 Å². The van der Waals surface area contributed by atoms with Gasteiger partial charge in [0.05, 0.1) is 11.1 Å². The van der Waals surface area contributed by atoms with Gasteiger partial charge in [0, 0.05) is 5.70 Å². The first kappa shape index (κ1) is 17.0. The minimum absolute atomic E-state index is 0.0405. The highest BCUT2D eigenvalue weighted by Crippen LogP contribution is 2.37. The summed E-state index contributed by atoms with van der Waals surface area (Å²) in [7, 11) is 0. The summed E-state index contributed by atoms with van der Waals surface area (Å²) in [6.45, 7) is 6.72. The molecule has 1 aliphatic heterocycles. The third-order valence-corrected chi connectivity index (χ3v) is 3.61. The van der Waals surface area contributed by atoms with E-state index < -0.39 is 29.2 Å². The number of benzene rings is 1. The standard InChI is InChI=1S/C16H17F2N5O2/c1-8-11(14(24)25-16(2,3)4)13(23-15(19-8)20-21-22-23)12-9(17)6-5-7-10(12)18/h5-7,13H,1-4H3,(H,19,20,22). The third kappa shape index (κ3) is 3.09. The van der Waals surface area contributed by atoms with Crippen molar-refractivity contribution in [1.29, 1.82) is 0 Å². The molecule has 132 valence electrons. The Morgan fingerprint density at radius 1 is 1.28 bits per heavy atom. The quantitative estimate of drug-likeness (QED) is 0.839. The van der Waals surface area contributed by atoms with E-state index in [4.69, 9.17) is 4.74 Å². The minimum atomic E-state index is -1.18. The van der Waals surface area contributed by atoms with Crippen molar-refractivity contribution in [1.82, 2.24) is 20.2 Å². The van der Waals surface area contributed by atoms with Crippen LogP contribution in [0.2, 0.25) is 0 Å². The van der Waals surface area contributed by atoms with Crippen LogP contribution < -0.4 is 5.32 Å². The van der Waals surface area contributed by atoms with Gasteiger partial charge in [-0.3, -0.25) is 0 Å². The number of carbonyl (C=O) groups is 1. The maximum Gasteiger partial charge on any atom is 0.338 e. The first-order valence-corrected chi connectivity index (χ1v) is 7.62. The van der Waals surface area contributed by atoms with Crippen molar-refractivity contribution in [3.8, 4) is 0 Å². The number of anilines is 1. The highest BCUT2D eigenvalue weighted by Gasteiger charge is 2.39. The fraction of sp³-hybridized carbons (Fsp3) is 0.375. The van der Waals surface area contributed by atoms with Gasteiger partial charge < -0.3 is 10.1 Å². The molecule has 9 heteroatoms. The van der Waals surface area contributed by atoms with Gasteiger partial charge in [0.15, 0.2) is 0 Å². The van der Waals surface area contributed by atoms with E-state index in [1.807, 2.05) is 0 Å². The lowest BCUT2D eigenvalue weighted by molar-refractivity contribution is -0.150. The number of hydrogen-bond acceptors (Lipinski definition) is 6. The Balaban J connectivity index is 2.19. The molecule has 2 heterocycles. The molecule has 1 aliphatic rings. The van der Waals surface area contributed by atoms with E-state index in [0.717, 1.165) is 16.8 Å². The Hall–Kier alpha value is -2.84. The smallest absolute Gasteiger partial charge is 0.338 e. The summed E-state index contributed by atoms with van der Waals surface area (Å²) in [6.07, 6.45) is 0. The first-order valence-electron chi connectivity index (χ1n) is 7.62. The molecule has 3 rings (SSSR count). The molecule has 25 heavy (non-hydrogen) atoms. The fourth-order valence-electron chi connectivity index (χ4n) is 2.65. The number of nitrogens with zero attached hydrogens (tertiary/aromatic N) is 4.